The smallest absolute Gasteiger partial charge is 0.163 e. The minimum absolute atomic E-state index is 0.226. The summed E-state index contributed by atoms with van der Waals surface area (Å²) < 4.78 is 15.8. The number of aromatic nitrogens is 2. The average molecular weight is 292 g/mol. The van der Waals surface area contributed by atoms with E-state index in [1.165, 1.54) is 12.1 Å². The molecule has 0 radical (unpaired) electrons. The van der Waals surface area contributed by atoms with Crippen molar-refractivity contribution in [1.29, 1.82) is 15.8 Å². The van der Waals surface area contributed by atoms with E-state index in [9.17, 15) is 4.39 Å². The number of rotatable bonds is 3. The van der Waals surface area contributed by atoms with Crippen LogP contribution in [-0.2, 0) is 0 Å². The molecule has 1 aromatic carbocycles. The van der Waals surface area contributed by atoms with Crippen LogP contribution in [0.1, 0.15) is 5.82 Å². The van der Waals surface area contributed by atoms with Crippen molar-refractivity contribution in [2.45, 2.75) is 6.92 Å². The fourth-order valence-corrected chi connectivity index (χ4v) is 1.84. The fraction of sp³-hybridized carbons (Fsp3) is 0.0667. The van der Waals surface area contributed by atoms with Crippen LogP contribution in [0.3, 0.4) is 0 Å². The Morgan fingerprint density at radius 1 is 1.23 bits per heavy atom. The molecule has 0 unspecified atom stereocenters. The second-order valence-electron chi connectivity index (χ2n) is 4.22. The Labute approximate surface area is 126 Å². The van der Waals surface area contributed by atoms with Crippen LogP contribution < -0.4 is 5.32 Å². The molecule has 0 amide bonds. The van der Waals surface area contributed by atoms with Crippen LogP contribution >= 0.6 is 0 Å². The summed E-state index contributed by atoms with van der Waals surface area (Å²) in [6, 6.07) is 9.16. The van der Waals surface area contributed by atoms with Crippen molar-refractivity contribution in [3.63, 3.8) is 0 Å². The van der Waals surface area contributed by atoms with Crippen molar-refractivity contribution < 1.29 is 4.39 Å². The molecular formula is C15H9FN6. The predicted octanol–water partition coefficient (Wildman–Crippen LogP) is 2.56. The first kappa shape index (κ1) is 14.8. The molecule has 1 heterocycles. The lowest BCUT2D eigenvalue weighted by Crippen LogP contribution is -2.03. The summed E-state index contributed by atoms with van der Waals surface area (Å²) in [6.45, 7) is 1.74. The van der Waals surface area contributed by atoms with E-state index in [1.54, 1.807) is 48.2 Å². The molecule has 7 heteroatoms. The van der Waals surface area contributed by atoms with Crippen molar-refractivity contribution in [2.24, 2.45) is 0 Å². The first-order chi connectivity index (χ1) is 10.6. The lowest BCUT2D eigenvalue weighted by Gasteiger charge is -2.09. The van der Waals surface area contributed by atoms with Crippen molar-refractivity contribution >= 4 is 5.69 Å². The van der Waals surface area contributed by atoms with Gasteiger partial charge in [0.1, 0.15) is 35.5 Å². The first-order valence-electron chi connectivity index (χ1n) is 6.12. The number of nitrogens with zero attached hydrogens (tertiary/aromatic N) is 5. The van der Waals surface area contributed by atoms with E-state index < -0.39 is 5.82 Å². The third-order valence-electron chi connectivity index (χ3n) is 2.89. The summed E-state index contributed by atoms with van der Waals surface area (Å²) in [5, 5.41) is 29.0. The Bertz CT molecular complexity index is 857. The van der Waals surface area contributed by atoms with Crippen LogP contribution in [0, 0.1) is 46.7 Å². The first-order valence-corrected chi connectivity index (χ1v) is 6.12. The average Bonchev–Trinajstić information content (AvgIpc) is 2.93. The third kappa shape index (κ3) is 2.77. The molecule has 0 aliphatic rings. The summed E-state index contributed by atoms with van der Waals surface area (Å²) in [6.07, 6.45) is 3.19. The molecule has 0 saturated carbocycles. The van der Waals surface area contributed by atoms with Crippen molar-refractivity contribution in [3.05, 3.63) is 53.5 Å². The fourth-order valence-electron chi connectivity index (χ4n) is 1.84. The molecule has 22 heavy (non-hydrogen) atoms. The molecule has 2 rings (SSSR count). The van der Waals surface area contributed by atoms with Gasteiger partial charge in [0.15, 0.2) is 5.57 Å². The lowest BCUT2D eigenvalue weighted by atomic mass is 10.2. The van der Waals surface area contributed by atoms with Gasteiger partial charge in [0.05, 0.1) is 5.69 Å². The Morgan fingerprint density at radius 3 is 2.45 bits per heavy atom. The van der Waals surface area contributed by atoms with E-state index >= 15 is 0 Å². The van der Waals surface area contributed by atoms with Crippen LogP contribution in [0.2, 0.25) is 0 Å². The summed E-state index contributed by atoms with van der Waals surface area (Å²) in [7, 11) is 0. The van der Waals surface area contributed by atoms with Gasteiger partial charge in [-0.25, -0.2) is 9.37 Å². The van der Waals surface area contributed by atoms with Gasteiger partial charge in [0.25, 0.3) is 0 Å². The van der Waals surface area contributed by atoms with Gasteiger partial charge in [-0.2, -0.15) is 15.8 Å². The zero-order valence-corrected chi connectivity index (χ0v) is 11.5. The SMILES string of the molecule is Cc1nccn1-c1ccc(NC(C#N)=C(C#N)C#N)cc1F. The molecular weight excluding hydrogens is 283 g/mol. The topological polar surface area (TPSA) is 101 Å². The van der Waals surface area contributed by atoms with Gasteiger partial charge >= 0.3 is 0 Å². The highest BCUT2D eigenvalue weighted by Gasteiger charge is 2.10. The monoisotopic (exact) mass is 292 g/mol. The number of anilines is 1. The van der Waals surface area contributed by atoms with Crippen LogP contribution in [0.4, 0.5) is 10.1 Å². The third-order valence-corrected chi connectivity index (χ3v) is 2.89. The molecule has 106 valence electrons. The van der Waals surface area contributed by atoms with Crippen LogP contribution in [0.5, 0.6) is 0 Å². The summed E-state index contributed by atoms with van der Waals surface area (Å²) in [4.78, 5) is 4.02. The predicted molar refractivity (Wildman–Crippen MR) is 75.7 cm³/mol. The van der Waals surface area contributed by atoms with Gasteiger partial charge in [-0.1, -0.05) is 0 Å². The van der Waals surface area contributed by atoms with Gasteiger partial charge in [0.2, 0.25) is 0 Å². The normalized spacial score (nSPS) is 9.23. The van der Waals surface area contributed by atoms with Crippen molar-refractivity contribution in [2.75, 3.05) is 5.32 Å². The van der Waals surface area contributed by atoms with Gasteiger partial charge in [-0.05, 0) is 25.1 Å². The zero-order chi connectivity index (χ0) is 16.1. The standard InChI is InChI=1S/C15H9FN6/c1-10-20-4-5-22(10)15-3-2-12(6-13(15)16)21-14(9-19)11(7-17)8-18/h2-6,21H,1H3. The van der Waals surface area contributed by atoms with Crippen LogP contribution in [-0.4, -0.2) is 9.55 Å². The Kier molecular flexibility index (Phi) is 4.17. The van der Waals surface area contributed by atoms with E-state index in [4.69, 9.17) is 15.8 Å². The summed E-state index contributed by atoms with van der Waals surface area (Å²) in [5.74, 6) is 0.104. The number of aryl methyl sites for hydroxylation is 1. The molecule has 0 fully saturated rings. The molecule has 0 aliphatic heterocycles. The molecule has 0 aliphatic carbocycles. The number of halogens is 1. The zero-order valence-electron chi connectivity index (χ0n) is 11.5. The molecule has 0 bridgehead atoms. The Hall–Kier alpha value is -3.63. The van der Waals surface area contributed by atoms with Gasteiger partial charge in [0, 0.05) is 18.1 Å². The number of allylic oxidation sites excluding steroid dienone is 2. The lowest BCUT2D eigenvalue weighted by molar-refractivity contribution is 0.617. The maximum atomic E-state index is 14.2. The van der Waals surface area contributed by atoms with E-state index in [1.807, 2.05) is 0 Å². The highest BCUT2D eigenvalue weighted by molar-refractivity contribution is 5.60. The molecule has 2 aromatic rings. The van der Waals surface area contributed by atoms with Crippen molar-refractivity contribution in [1.82, 2.24) is 9.55 Å². The quantitative estimate of drug-likeness (QED) is 0.876. The second kappa shape index (κ2) is 6.21. The molecule has 1 N–H and O–H groups in total. The van der Waals surface area contributed by atoms with E-state index in [2.05, 4.69) is 10.3 Å². The Balaban J connectivity index is 2.38. The van der Waals surface area contributed by atoms with E-state index in [0.717, 1.165) is 0 Å². The molecule has 0 spiro atoms. The minimum Gasteiger partial charge on any atom is -0.345 e. The number of hydrogen-bond donors (Lipinski definition) is 1. The highest BCUT2D eigenvalue weighted by atomic mass is 19.1. The largest absolute Gasteiger partial charge is 0.345 e. The highest BCUT2D eigenvalue weighted by Crippen LogP contribution is 2.21. The maximum absolute atomic E-state index is 14.2. The number of benzene rings is 1. The van der Waals surface area contributed by atoms with E-state index in [0.29, 0.717) is 11.5 Å². The minimum atomic E-state index is -0.529. The number of imidazole rings is 1. The van der Waals surface area contributed by atoms with Gasteiger partial charge in [-0.3, -0.25) is 0 Å². The molecule has 6 nitrogen and oxygen atoms in total. The number of nitrogens with one attached hydrogen (secondary N) is 1. The van der Waals surface area contributed by atoms with Gasteiger partial charge < -0.3 is 9.88 Å². The van der Waals surface area contributed by atoms with Crippen molar-refractivity contribution in [3.8, 4) is 23.9 Å². The van der Waals surface area contributed by atoms with Crippen LogP contribution in [0.25, 0.3) is 5.69 Å². The number of hydrogen-bond acceptors (Lipinski definition) is 5. The summed E-state index contributed by atoms with van der Waals surface area (Å²) >= 11 is 0. The van der Waals surface area contributed by atoms with E-state index in [-0.39, 0.29) is 17.0 Å². The molecule has 1 aromatic heterocycles. The molecule has 0 saturated heterocycles. The number of nitriles is 3. The maximum Gasteiger partial charge on any atom is 0.163 e. The summed E-state index contributed by atoms with van der Waals surface area (Å²) in [5.41, 5.74) is -0.0178. The van der Waals surface area contributed by atoms with Crippen LogP contribution in [0.15, 0.2) is 41.9 Å². The Morgan fingerprint density at radius 2 is 1.95 bits per heavy atom. The second-order valence-corrected chi connectivity index (χ2v) is 4.22. The molecule has 0 atom stereocenters. The van der Waals surface area contributed by atoms with Gasteiger partial charge in [-0.15, -0.1) is 0 Å².